The van der Waals surface area contributed by atoms with Crippen molar-refractivity contribution < 1.29 is 0 Å². The Balaban J connectivity index is 3.13. The van der Waals surface area contributed by atoms with Crippen LogP contribution in [-0.2, 0) is 6.42 Å². The molecule has 0 aliphatic heterocycles. The molecule has 0 fully saturated rings. The fourth-order valence-corrected chi connectivity index (χ4v) is 1.12. The maximum absolute atomic E-state index is 10.9. The first kappa shape index (κ1) is 9.57. The minimum Gasteiger partial charge on any atom is -0.394 e. The summed E-state index contributed by atoms with van der Waals surface area (Å²) in [6.07, 6.45) is 0.702. The van der Waals surface area contributed by atoms with Crippen molar-refractivity contribution >= 4 is 11.5 Å². The molecule has 5 heteroatoms. The van der Waals surface area contributed by atoms with E-state index in [-0.39, 0.29) is 5.82 Å². The number of aromatic nitrogens is 2. The average Bonchev–Trinajstić information content (AvgIpc) is 1.98. The Kier molecular flexibility index (Phi) is 2.55. The second-order valence-electron chi connectivity index (χ2n) is 3.42. The summed E-state index contributed by atoms with van der Waals surface area (Å²) < 4.78 is 0. The van der Waals surface area contributed by atoms with Gasteiger partial charge in [0.2, 0.25) is 0 Å². The average molecular weight is 182 g/mol. The van der Waals surface area contributed by atoms with E-state index in [1.807, 2.05) is 13.8 Å². The van der Waals surface area contributed by atoms with Gasteiger partial charge in [0.05, 0.1) is 5.69 Å². The van der Waals surface area contributed by atoms with E-state index in [1.165, 1.54) is 0 Å². The van der Waals surface area contributed by atoms with Crippen molar-refractivity contribution in [2.24, 2.45) is 5.92 Å². The van der Waals surface area contributed by atoms with E-state index in [4.69, 9.17) is 11.5 Å². The van der Waals surface area contributed by atoms with Gasteiger partial charge in [-0.3, -0.25) is 0 Å². The molecule has 0 unspecified atom stereocenters. The third-order valence-electron chi connectivity index (χ3n) is 1.69. The van der Waals surface area contributed by atoms with Gasteiger partial charge in [-0.2, -0.15) is 4.98 Å². The number of rotatable bonds is 2. The van der Waals surface area contributed by atoms with Crippen LogP contribution in [0.2, 0.25) is 0 Å². The summed E-state index contributed by atoms with van der Waals surface area (Å²) in [5.41, 5.74) is 11.7. The number of anilines is 2. The van der Waals surface area contributed by atoms with E-state index in [1.54, 1.807) is 0 Å². The van der Waals surface area contributed by atoms with Crippen molar-refractivity contribution in [1.82, 2.24) is 9.97 Å². The van der Waals surface area contributed by atoms with Crippen molar-refractivity contribution in [3.63, 3.8) is 0 Å². The highest BCUT2D eigenvalue weighted by atomic mass is 16.1. The minimum atomic E-state index is -0.442. The Bertz CT molecular complexity index is 356. The zero-order chi connectivity index (χ0) is 10.0. The van der Waals surface area contributed by atoms with Crippen LogP contribution in [0.3, 0.4) is 0 Å². The number of nitrogens with one attached hydrogen (secondary N) is 1. The van der Waals surface area contributed by atoms with Gasteiger partial charge in [-0.15, -0.1) is 0 Å². The van der Waals surface area contributed by atoms with Crippen LogP contribution in [0.5, 0.6) is 0 Å². The molecule has 1 rings (SSSR count). The Hall–Kier alpha value is -1.52. The lowest BCUT2D eigenvalue weighted by Gasteiger charge is -2.08. The molecule has 5 N–H and O–H groups in total. The highest BCUT2D eigenvalue weighted by Gasteiger charge is 2.07. The summed E-state index contributed by atoms with van der Waals surface area (Å²) in [5, 5.41) is 0. The van der Waals surface area contributed by atoms with Gasteiger partial charge < -0.3 is 16.5 Å². The largest absolute Gasteiger partial charge is 0.394 e. The van der Waals surface area contributed by atoms with Gasteiger partial charge in [-0.1, -0.05) is 13.8 Å². The molecule has 72 valence electrons. The number of nitrogen functional groups attached to an aromatic ring is 2. The topological polar surface area (TPSA) is 97.8 Å². The van der Waals surface area contributed by atoms with Crippen LogP contribution in [0.1, 0.15) is 19.5 Å². The molecule has 0 saturated heterocycles. The Morgan fingerprint density at radius 2 is 2.08 bits per heavy atom. The Morgan fingerprint density at radius 3 is 2.62 bits per heavy atom. The van der Waals surface area contributed by atoms with Gasteiger partial charge in [-0.25, -0.2) is 4.79 Å². The molecule has 5 nitrogen and oxygen atoms in total. The molecule has 0 atom stereocenters. The van der Waals surface area contributed by atoms with Gasteiger partial charge in [0.1, 0.15) is 0 Å². The van der Waals surface area contributed by atoms with Crippen molar-refractivity contribution in [3.8, 4) is 0 Å². The van der Waals surface area contributed by atoms with Crippen molar-refractivity contribution in [3.05, 3.63) is 16.2 Å². The van der Waals surface area contributed by atoms with Gasteiger partial charge in [-0.05, 0) is 12.3 Å². The van der Waals surface area contributed by atoms with E-state index in [0.29, 0.717) is 23.7 Å². The molecule has 1 heterocycles. The molecule has 0 aliphatic rings. The molecule has 0 aromatic carbocycles. The lowest BCUT2D eigenvalue weighted by Crippen LogP contribution is -2.19. The first-order chi connectivity index (χ1) is 6.00. The molecule has 1 aromatic heterocycles. The molecule has 1 aromatic rings. The van der Waals surface area contributed by atoms with E-state index in [0.717, 1.165) is 0 Å². The first-order valence-corrected chi connectivity index (χ1v) is 4.15. The van der Waals surface area contributed by atoms with E-state index in [2.05, 4.69) is 9.97 Å². The second-order valence-corrected chi connectivity index (χ2v) is 3.42. The number of hydrogen-bond donors (Lipinski definition) is 3. The van der Waals surface area contributed by atoms with E-state index < -0.39 is 5.69 Å². The highest BCUT2D eigenvalue weighted by molar-refractivity contribution is 5.60. The predicted molar refractivity (Wildman–Crippen MR) is 52.2 cm³/mol. The minimum absolute atomic E-state index is 0.111. The Labute approximate surface area is 76.2 Å². The van der Waals surface area contributed by atoms with Crippen molar-refractivity contribution in [1.29, 1.82) is 0 Å². The predicted octanol–water partition coefficient (Wildman–Crippen LogP) is 0.133. The van der Waals surface area contributed by atoms with Crippen molar-refractivity contribution in [2.75, 3.05) is 11.5 Å². The third-order valence-corrected chi connectivity index (χ3v) is 1.69. The normalized spacial score (nSPS) is 10.7. The summed E-state index contributed by atoms with van der Waals surface area (Å²) in [6.45, 7) is 4.07. The lowest BCUT2D eigenvalue weighted by atomic mass is 10.1. The number of nitrogens with zero attached hydrogens (tertiary/aromatic N) is 1. The van der Waals surface area contributed by atoms with E-state index >= 15 is 0 Å². The second kappa shape index (κ2) is 3.47. The molecular weight excluding hydrogens is 168 g/mol. The summed E-state index contributed by atoms with van der Waals surface area (Å²) in [4.78, 5) is 17.0. The van der Waals surface area contributed by atoms with Crippen LogP contribution in [0.15, 0.2) is 4.79 Å². The van der Waals surface area contributed by atoms with Crippen LogP contribution in [0, 0.1) is 5.92 Å². The number of nitrogens with two attached hydrogens (primary N) is 2. The zero-order valence-electron chi connectivity index (χ0n) is 7.79. The van der Waals surface area contributed by atoms with Crippen LogP contribution in [-0.4, -0.2) is 9.97 Å². The summed E-state index contributed by atoms with van der Waals surface area (Å²) >= 11 is 0. The molecule has 0 amide bonds. The zero-order valence-corrected chi connectivity index (χ0v) is 7.79. The first-order valence-electron chi connectivity index (χ1n) is 4.15. The third kappa shape index (κ3) is 2.21. The summed E-state index contributed by atoms with van der Waals surface area (Å²) in [6, 6.07) is 0. The summed E-state index contributed by atoms with van der Waals surface area (Å²) in [5.74, 6) is 0.527. The quantitative estimate of drug-likeness (QED) is 0.605. The molecule has 0 spiro atoms. The van der Waals surface area contributed by atoms with Gasteiger partial charge >= 0.3 is 5.69 Å². The SMILES string of the molecule is CC(C)Cc1[nH]c(=O)nc(N)c1N. The van der Waals surface area contributed by atoms with Crippen LogP contribution >= 0.6 is 0 Å². The van der Waals surface area contributed by atoms with Gasteiger partial charge in [0.25, 0.3) is 0 Å². The van der Waals surface area contributed by atoms with Crippen LogP contribution in [0.25, 0.3) is 0 Å². The molecule has 0 saturated carbocycles. The standard InChI is InChI=1S/C8H14N4O/c1-4(2)3-5-6(9)7(10)12-8(13)11-5/h4H,3,9H2,1-2H3,(H3,10,11,12,13). The van der Waals surface area contributed by atoms with Gasteiger partial charge in [0, 0.05) is 5.69 Å². The molecule has 13 heavy (non-hydrogen) atoms. The Morgan fingerprint density at radius 1 is 1.46 bits per heavy atom. The number of aromatic amines is 1. The lowest BCUT2D eigenvalue weighted by molar-refractivity contribution is 0.634. The number of H-pyrrole nitrogens is 1. The smallest absolute Gasteiger partial charge is 0.347 e. The highest BCUT2D eigenvalue weighted by Crippen LogP contribution is 2.15. The molecule has 0 bridgehead atoms. The monoisotopic (exact) mass is 182 g/mol. The van der Waals surface area contributed by atoms with Crippen molar-refractivity contribution in [2.45, 2.75) is 20.3 Å². The molecule has 0 radical (unpaired) electrons. The molecular formula is C8H14N4O. The number of hydrogen-bond acceptors (Lipinski definition) is 4. The fraction of sp³-hybridized carbons (Fsp3) is 0.500. The van der Waals surface area contributed by atoms with Crippen LogP contribution in [0.4, 0.5) is 11.5 Å². The summed E-state index contributed by atoms with van der Waals surface area (Å²) in [7, 11) is 0. The molecule has 0 aliphatic carbocycles. The van der Waals surface area contributed by atoms with E-state index in [9.17, 15) is 4.79 Å². The maximum Gasteiger partial charge on any atom is 0.347 e. The maximum atomic E-state index is 10.9. The van der Waals surface area contributed by atoms with Gasteiger partial charge in [0.15, 0.2) is 5.82 Å². The van der Waals surface area contributed by atoms with Crippen LogP contribution < -0.4 is 17.2 Å². The fourth-order valence-electron chi connectivity index (χ4n) is 1.12.